The number of rotatable bonds is 2. The Morgan fingerprint density at radius 1 is 0.853 bits per heavy atom. The van der Waals surface area contributed by atoms with Gasteiger partial charge in [0.05, 0.1) is 15.6 Å². The molecule has 6 heteroatoms. The maximum atomic E-state index is 9.08. The van der Waals surface area contributed by atoms with Gasteiger partial charge in [0.2, 0.25) is 0 Å². The molecule has 34 heavy (non-hydrogen) atoms. The Morgan fingerprint density at radius 3 is 2.03 bits per heavy atom. The zero-order valence-corrected chi connectivity index (χ0v) is 20.2. The van der Waals surface area contributed by atoms with E-state index in [1.165, 1.54) is 71.5 Å². The van der Waals surface area contributed by atoms with Gasteiger partial charge >= 0.3 is 0 Å². The number of pyridine rings is 1. The minimum absolute atomic E-state index is 0.403. The highest BCUT2D eigenvalue weighted by atomic mass is 32.2. The van der Waals surface area contributed by atoms with Crippen LogP contribution >= 0.6 is 0 Å². The normalized spacial score (nSPS) is 27.6. The third-order valence-corrected chi connectivity index (χ3v) is 8.24. The van der Waals surface area contributed by atoms with E-state index >= 15 is 0 Å². The number of para-hydroxylation sites is 2. The molecule has 2 aromatic heterocycles. The average molecular weight is 475 g/mol. The van der Waals surface area contributed by atoms with Gasteiger partial charge in [0.25, 0.3) is 0 Å². The van der Waals surface area contributed by atoms with Crippen molar-refractivity contribution >= 4 is 31.9 Å². The Labute approximate surface area is 200 Å². The van der Waals surface area contributed by atoms with Gasteiger partial charge in [-0.3, -0.25) is 0 Å². The summed E-state index contributed by atoms with van der Waals surface area (Å²) in [6, 6.07) is 20.0. The molecular weight excluding hydrogens is 444 g/mol. The van der Waals surface area contributed by atoms with Gasteiger partial charge in [0, 0.05) is 59.5 Å². The largest absolute Gasteiger partial charge is 0.748 e. The fraction of sp³-hybridized carbons (Fsp3) is 0.393. The molecule has 4 fully saturated rings. The Hall–Kier alpha value is -2.70. The minimum Gasteiger partial charge on any atom is -0.748 e. The minimum atomic E-state index is -3.92. The van der Waals surface area contributed by atoms with Crippen LogP contribution in [0.1, 0.15) is 38.5 Å². The lowest BCUT2D eigenvalue weighted by Gasteiger charge is -2.53. The topological polar surface area (TPSA) is 76.9 Å². The molecule has 1 N–H and O–H groups in total. The monoisotopic (exact) mass is 474 g/mol. The molecule has 0 spiro atoms. The lowest BCUT2D eigenvalue weighted by atomic mass is 9.53. The molecule has 4 saturated carbocycles. The van der Waals surface area contributed by atoms with Gasteiger partial charge in [-0.1, -0.05) is 36.4 Å². The SMILES string of the molecule is CS(=O)(=O)[O-].c1ccc2c(c1)[nH]c1c(-c3cc[n+](C45CC6CC(CC(C6)C4)C5)cc3)cccc12. The highest BCUT2D eigenvalue weighted by Crippen LogP contribution is 2.56. The van der Waals surface area contributed by atoms with Gasteiger partial charge in [0.15, 0.2) is 17.9 Å². The second-order valence-electron chi connectivity index (χ2n) is 10.7. The van der Waals surface area contributed by atoms with E-state index < -0.39 is 10.1 Å². The van der Waals surface area contributed by atoms with E-state index in [4.69, 9.17) is 13.0 Å². The van der Waals surface area contributed by atoms with Crippen LogP contribution in [0.4, 0.5) is 0 Å². The second kappa shape index (κ2) is 7.92. The second-order valence-corrected chi connectivity index (χ2v) is 12.1. The molecule has 2 heterocycles. The Bertz CT molecular complexity index is 1430. The van der Waals surface area contributed by atoms with Crippen LogP contribution in [-0.4, -0.2) is 24.2 Å². The molecule has 2 aromatic carbocycles. The van der Waals surface area contributed by atoms with Crippen molar-refractivity contribution in [2.45, 2.75) is 44.1 Å². The number of aromatic nitrogens is 2. The summed E-state index contributed by atoms with van der Waals surface area (Å²) in [6.07, 6.45) is 14.1. The van der Waals surface area contributed by atoms with Gasteiger partial charge in [-0.05, 0) is 48.6 Å². The van der Waals surface area contributed by atoms with Crippen LogP contribution in [-0.2, 0) is 15.7 Å². The summed E-state index contributed by atoms with van der Waals surface area (Å²) >= 11 is 0. The van der Waals surface area contributed by atoms with E-state index in [-0.39, 0.29) is 0 Å². The van der Waals surface area contributed by atoms with Gasteiger partial charge in [-0.15, -0.1) is 0 Å². The molecule has 0 radical (unpaired) electrons. The van der Waals surface area contributed by atoms with Crippen molar-refractivity contribution in [1.82, 2.24) is 4.98 Å². The van der Waals surface area contributed by atoms with Crippen LogP contribution < -0.4 is 4.57 Å². The number of H-pyrrole nitrogens is 1. The Kier molecular flexibility index (Phi) is 5.08. The van der Waals surface area contributed by atoms with Crippen molar-refractivity contribution in [3.63, 3.8) is 0 Å². The quantitative estimate of drug-likeness (QED) is 0.314. The summed E-state index contributed by atoms with van der Waals surface area (Å²) in [4.78, 5) is 3.66. The van der Waals surface area contributed by atoms with Crippen LogP contribution in [0.5, 0.6) is 0 Å². The smallest absolute Gasteiger partial charge is 0.169 e. The number of benzene rings is 2. The van der Waals surface area contributed by atoms with Crippen molar-refractivity contribution in [3.05, 3.63) is 67.0 Å². The number of nitrogens with one attached hydrogen (secondary N) is 1. The third-order valence-electron chi connectivity index (χ3n) is 8.24. The van der Waals surface area contributed by atoms with E-state index in [0.29, 0.717) is 11.8 Å². The fourth-order valence-corrected chi connectivity index (χ4v) is 7.42. The van der Waals surface area contributed by atoms with E-state index in [1.54, 1.807) is 0 Å². The third kappa shape index (κ3) is 3.93. The molecule has 0 saturated heterocycles. The molecule has 4 bridgehead atoms. The first-order valence-electron chi connectivity index (χ1n) is 12.2. The lowest BCUT2D eigenvalue weighted by Crippen LogP contribution is -2.64. The van der Waals surface area contributed by atoms with Crippen LogP contribution in [0, 0.1) is 17.8 Å². The van der Waals surface area contributed by atoms with Crippen molar-refractivity contribution < 1.29 is 17.5 Å². The van der Waals surface area contributed by atoms with Crippen molar-refractivity contribution in [2.24, 2.45) is 17.8 Å². The predicted molar refractivity (Wildman–Crippen MR) is 133 cm³/mol. The Morgan fingerprint density at radius 2 is 1.41 bits per heavy atom. The van der Waals surface area contributed by atoms with Crippen LogP contribution in [0.3, 0.4) is 0 Å². The zero-order chi connectivity index (χ0) is 23.5. The highest BCUT2D eigenvalue weighted by Gasteiger charge is 2.56. The molecule has 4 aliphatic rings. The van der Waals surface area contributed by atoms with Gasteiger partial charge in [-0.25, -0.2) is 8.42 Å². The molecule has 5 nitrogen and oxygen atoms in total. The number of nitrogens with zero attached hydrogens (tertiary/aromatic N) is 1. The summed E-state index contributed by atoms with van der Waals surface area (Å²) in [5, 5.41) is 2.62. The van der Waals surface area contributed by atoms with Crippen molar-refractivity contribution in [1.29, 1.82) is 0 Å². The van der Waals surface area contributed by atoms with Crippen LogP contribution in [0.25, 0.3) is 32.9 Å². The summed E-state index contributed by atoms with van der Waals surface area (Å²) in [6.45, 7) is 0. The summed E-state index contributed by atoms with van der Waals surface area (Å²) in [7, 11) is -3.92. The molecular formula is C28H30N2O3S. The molecule has 0 unspecified atom stereocenters. The van der Waals surface area contributed by atoms with Gasteiger partial charge in [-0.2, -0.15) is 4.57 Å². The number of hydrogen-bond acceptors (Lipinski definition) is 3. The van der Waals surface area contributed by atoms with Gasteiger partial charge in [0.1, 0.15) is 0 Å². The maximum absolute atomic E-state index is 9.08. The number of aromatic amines is 1. The average Bonchev–Trinajstić information content (AvgIpc) is 3.16. The number of fused-ring (bicyclic) bond motifs is 3. The van der Waals surface area contributed by atoms with Crippen molar-refractivity contribution in [3.8, 4) is 11.1 Å². The molecule has 0 aliphatic heterocycles. The lowest BCUT2D eigenvalue weighted by molar-refractivity contribution is -0.776. The summed E-state index contributed by atoms with van der Waals surface area (Å²) in [5.41, 5.74) is 5.48. The fourth-order valence-electron chi connectivity index (χ4n) is 7.42. The molecule has 8 rings (SSSR count). The van der Waals surface area contributed by atoms with Crippen LogP contribution in [0.2, 0.25) is 0 Å². The molecule has 0 atom stereocenters. The van der Waals surface area contributed by atoms with E-state index in [0.717, 1.165) is 17.8 Å². The van der Waals surface area contributed by atoms with E-state index in [1.807, 2.05) is 0 Å². The maximum Gasteiger partial charge on any atom is 0.169 e. The Balaban J connectivity index is 0.000000398. The highest BCUT2D eigenvalue weighted by molar-refractivity contribution is 7.84. The predicted octanol–water partition coefficient (Wildman–Crippen LogP) is 5.36. The first kappa shape index (κ1) is 21.8. The van der Waals surface area contributed by atoms with E-state index in [9.17, 15) is 0 Å². The molecule has 176 valence electrons. The summed E-state index contributed by atoms with van der Waals surface area (Å²) in [5.74, 6) is 2.94. The number of hydrogen-bond donors (Lipinski definition) is 1. The molecule has 4 aromatic rings. The van der Waals surface area contributed by atoms with Crippen molar-refractivity contribution in [2.75, 3.05) is 6.26 Å². The summed E-state index contributed by atoms with van der Waals surface area (Å²) < 4.78 is 29.8. The van der Waals surface area contributed by atoms with Crippen LogP contribution in [0.15, 0.2) is 67.0 Å². The zero-order valence-electron chi connectivity index (χ0n) is 19.4. The van der Waals surface area contributed by atoms with E-state index in [2.05, 4.69) is 76.5 Å². The van der Waals surface area contributed by atoms with Gasteiger partial charge < -0.3 is 9.54 Å². The standard InChI is InChI=1S/C27H26N2.CH4O3S/c1-2-7-25-23(4-1)24-6-3-5-22(26(24)28-25)21-8-10-29(11-9-21)27-15-18-12-19(16-27)14-20(13-18)17-27;1-5(2,3)4/h1-11,18-20H,12-17H2;1H3,(H,2,3,4). The molecule has 4 aliphatic carbocycles. The molecule has 0 amide bonds. The first-order chi connectivity index (χ1) is 16.3. The first-order valence-corrected chi connectivity index (χ1v) is 14.0.